The highest BCUT2D eigenvalue weighted by Crippen LogP contribution is 2.30. The molecule has 0 saturated heterocycles. The van der Waals surface area contributed by atoms with E-state index in [0.29, 0.717) is 6.04 Å². The molecule has 1 aromatic carbocycles. The fraction of sp³-hybridized carbons (Fsp3) is 0.400. The van der Waals surface area contributed by atoms with Gasteiger partial charge < -0.3 is 10.1 Å². The molecule has 20 heavy (non-hydrogen) atoms. The third-order valence-corrected chi connectivity index (χ3v) is 3.80. The van der Waals surface area contributed by atoms with Crippen molar-refractivity contribution in [3.8, 4) is 11.5 Å². The molecule has 0 aliphatic rings. The lowest BCUT2D eigenvalue weighted by Crippen LogP contribution is -2.17. The van der Waals surface area contributed by atoms with Crippen LogP contribution in [0.25, 0.3) is 0 Å². The largest absolute Gasteiger partial charge is 0.454 e. The maximum absolute atomic E-state index is 5.80. The molecule has 2 aromatic rings. The number of hydrogen-bond donors (Lipinski definition) is 1. The maximum Gasteiger partial charge on any atom is 0.165 e. The van der Waals surface area contributed by atoms with Gasteiger partial charge in [0.2, 0.25) is 0 Å². The number of halogens is 1. The first-order valence-corrected chi connectivity index (χ1v) is 7.66. The van der Waals surface area contributed by atoms with E-state index in [-0.39, 0.29) is 0 Å². The van der Waals surface area contributed by atoms with E-state index in [4.69, 9.17) is 4.74 Å². The Balaban J connectivity index is 2.12. The maximum atomic E-state index is 5.80. The number of ether oxygens (including phenoxy) is 1. The van der Waals surface area contributed by atoms with Crippen LogP contribution in [0.5, 0.6) is 11.5 Å². The molecule has 0 fully saturated rings. The highest BCUT2D eigenvalue weighted by Gasteiger charge is 2.10. The molecule has 0 aliphatic carbocycles. The molecule has 0 spiro atoms. The van der Waals surface area contributed by atoms with E-state index in [1.54, 1.807) is 6.20 Å². The third-order valence-electron chi connectivity index (χ3n) is 3.12. The molecule has 1 unspecified atom stereocenters. The number of nitrogens with zero attached hydrogens (tertiary/aromatic N) is 2. The van der Waals surface area contributed by atoms with Crippen LogP contribution in [0.3, 0.4) is 0 Å². The Morgan fingerprint density at radius 2 is 2.15 bits per heavy atom. The topological polar surface area (TPSA) is 39.1 Å². The van der Waals surface area contributed by atoms with Crippen molar-refractivity contribution >= 4 is 15.9 Å². The smallest absolute Gasteiger partial charge is 0.165 e. The van der Waals surface area contributed by atoms with E-state index >= 15 is 0 Å². The van der Waals surface area contributed by atoms with Crippen molar-refractivity contribution in [2.24, 2.45) is 0 Å². The number of aryl methyl sites for hydroxylation is 1. The van der Waals surface area contributed by atoms with E-state index in [9.17, 15) is 0 Å². The first kappa shape index (κ1) is 15.1. The van der Waals surface area contributed by atoms with Crippen LogP contribution < -0.4 is 10.1 Å². The zero-order valence-electron chi connectivity index (χ0n) is 12.1. The van der Waals surface area contributed by atoms with Crippen LogP contribution in [0.15, 0.2) is 35.1 Å². The summed E-state index contributed by atoms with van der Waals surface area (Å²) in [7, 11) is 0. The summed E-state index contributed by atoms with van der Waals surface area (Å²) in [6, 6.07) is 6.37. The minimum Gasteiger partial charge on any atom is -0.454 e. The lowest BCUT2D eigenvalue weighted by molar-refractivity contribution is 0.480. The van der Waals surface area contributed by atoms with Gasteiger partial charge in [0.15, 0.2) is 5.75 Å². The Morgan fingerprint density at radius 3 is 2.75 bits per heavy atom. The predicted octanol–water partition coefficient (Wildman–Crippen LogP) is 4.13. The van der Waals surface area contributed by atoms with Crippen LogP contribution in [-0.2, 0) is 6.54 Å². The number of aromatic nitrogens is 2. The third kappa shape index (κ3) is 3.61. The molecule has 1 aromatic heterocycles. The fourth-order valence-electron chi connectivity index (χ4n) is 2.04. The van der Waals surface area contributed by atoms with Crippen molar-refractivity contribution in [3.63, 3.8) is 0 Å². The van der Waals surface area contributed by atoms with E-state index in [1.807, 2.05) is 29.9 Å². The quantitative estimate of drug-likeness (QED) is 0.861. The highest BCUT2D eigenvalue weighted by molar-refractivity contribution is 9.10. The zero-order chi connectivity index (χ0) is 14.5. The van der Waals surface area contributed by atoms with Crippen LogP contribution in [0.1, 0.15) is 32.4 Å². The van der Waals surface area contributed by atoms with Crippen LogP contribution >= 0.6 is 15.9 Å². The lowest BCUT2D eigenvalue weighted by Gasteiger charge is -2.15. The summed E-state index contributed by atoms with van der Waals surface area (Å²) in [5.41, 5.74) is 1.23. The standard InChI is InChI=1S/C15H20BrN3O/c1-4-17-11(3)14-7-6-12(8-15(14)16)20-13-9-18-19(5-2)10-13/h6-11,17H,4-5H2,1-3H3. The summed E-state index contributed by atoms with van der Waals surface area (Å²) in [6.45, 7) is 8.08. The van der Waals surface area contributed by atoms with Gasteiger partial charge in [0.25, 0.3) is 0 Å². The molecule has 5 heteroatoms. The molecule has 1 atom stereocenters. The van der Waals surface area contributed by atoms with E-state index in [1.165, 1.54) is 5.56 Å². The first-order chi connectivity index (χ1) is 9.63. The number of benzene rings is 1. The van der Waals surface area contributed by atoms with Crippen molar-refractivity contribution in [3.05, 3.63) is 40.6 Å². The summed E-state index contributed by atoms with van der Waals surface area (Å²) in [4.78, 5) is 0. The molecule has 1 heterocycles. The molecule has 4 nitrogen and oxygen atoms in total. The predicted molar refractivity (Wildman–Crippen MR) is 84.2 cm³/mol. The summed E-state index contributed by atoms with van der Waals surface area (Å²) in [5, 5.41) is 7.59. The van der Waals surface area contributed by atoms with Gasteiger partial charge in [-0.05, 0) is 38.1 Å². The van der Waals surface area contributed by atoms with E-state index < -0.39 is 0 Å². The molecule has 2 rings (SSSR count). The molecule has 0 bridgehead atoms. The lowest BCUT2D eigenvalue weighted by atomic mass is 10.1. The summed E-state index contributed by atoms with van der Waals surface area (Å²) in [5.74, 6) is 1.56. The van der Waals surface area contributed by atoms with Crippen molar-refractivity contribution in [1.29, 1.82) is 0 Å². The van der Waals surface area contributed by atoms with Gasteiger partial charge in [-0.2, -0.15) is 5.10 Å². The van der Waals surface area contributed by atoms with Gasteiger partial charge in [-0.15, -0.1) is 0 Å². The van der Waals surface area contributed by atoms with E-state index in [0.717, 1.165) is 29.1 Å². The zero-order valence-corrected chi connectivity index (χ0v) is 13.6. The molecule has 0 radical (unpaired) electrons. The van der Waals surface area contributed by atoms with Crippen LogP contribution in [0.4, 0.5) is 0 Å². The Hall–Kier alpha value is -1.33. The van der Waals surface area contributed by atoms with Gasteiger partial charge in [0, 0.05) is 17.1 Å². The second-order valence-electron chi connectivity index (χ2n) is 4.60. The monoisotopic (exact) mass is 337 g/mol. The molecule has 108 valence electrons. The number of nitrogens with one attached hydrogen (secondary N) is 1. The second-order valence-corrected chi connectivity index (χ2v) is 5.45. The number of rotatable bonds is 6. The minimum atomic E-state index is 0.311. The van der Waals surface area contributed by atoms with Crippen LogP contribution in [0, 0.1) is 0 Å². The van der Waals surface area contributed by atoms with Crippen LogP contribution in [0.2, 0.25) is 0 Å². The molecule has 0 saturated carbocycles. The molecular weight excluding hydrogens is 318 g/mol. The van der Waals surface area contributed by atoms with Crippen molar-refractivity contribution in [2.45, 2.75) is 33.4 Å². The van der Waals surface area contributed by atoms with E-state index in [2.05, 4.69) is 46.3 Å². The average Bonchev–Trinajstić information content (AvgIpc) is 2.86. The van der Waals surface area contributed by atoms with Gasteiger partial charge in [0.1, 0.15) is 5.75 Å². The van der Waals surface area contributed by atoms with Crippen molar-refractivity contribution < 1.29 is 4.74 Å². The average molecular weight is 338 g/mol. The normalized spacial score (nSPS) is 12.4. The number of hydrogen-bond acceptors (Lipinski definition) is 3. The van der Waals surface area contributed by atoms with Gasteiger partial charge in [-0.3, -0.25) is 4.68 Å². The van der Waals surface area contributed by atoms with Crippen molar-refractivity contribution in [2.75, 3.05) is 6.54 Å². The minimum absolute atomic E-state index is 0.311. The van der Waals surface area contributed by atoms with Crippen molar-refractivity contribution in [1.82, 2.24) is 15.1 Å². The molecule has 0 amide bonds. The first-order valence-electron chi connectivity index (χ1n) is 6.87. The Bertz CT molecular complexity index is 568. The summed E-state index contributed by atoms with van der Waals surface area (Å²) >= 11 is 3.61. The molecule has 0 aliphatic heterocycles. The SMILES string of the molecule is CCNC(C)c1ccc(Oc2cnn(CC)c2)cc1Br. The van der Waals surface area contributed by atoms with Gasteiger partial charge >= 0.3 is 0 Å². The Morgan fingerprint density at radius 1 is 1.35 bits per heavy atom. The highest BCUT2D eigenvalue weighted by atomic mass is 79.9. The Labute approximate surface area is 128 Å². The Kier molecular flexibility index (Phi) is 5.20. The van der Waals surface area contributed by atoms with Gasteiger partial charge in [-0.1, -0.05) is 28.9 Å². The molecular formula is C15H20BrN3O. The van der Waals surface area contributed by atoms with Gasteiger partial charge in [-0.25, -0.2) is 0 Å². The second kappa shape index (κ2) is 6.90. The van der Waals surface area contributed by atoms with Crippen LogP contribution in [-0.4, -0.2) is 16.3 Å². The summed E-state index contributed by atoms with van der Waals surface area (Å²) in [6.07, 6.45) is 3.62. The molecule has 1 N–H and O–H groups in total. The van der Waals surface area contributed by atoms with Gasteiger partial charge in [0.05, 0.1) is 12.4 Å². The summed E-state index contributed by atoms with van der Waals surface area (Å²) < 4.78 is 8.69. The fourth-order valence-corrected chi connectivity index (χ4v) is 2.75.